The number of hydrogen-bond donors (Lipinski definition) is 1. The summed E-state index contributed by atoms with van der Waals surface area (Å²) in [6.45, 7) is 11.0. The van der Waals surface area contributed by atoms with Crippen LogP contribution in [0.15, 0.2) is 18.2 Å². The van der Waals surface area contributed by atoms with E-state index in [1.54, 1.807) is 0 Å². The molecule has 0 radical (unpaired) electrons. The van der Waals surface area contributed by atoms with Gasteiger partial charge in [-0.3, -0.25) is 0 Å². The molecule has 100 valence electrons. The molecule has 1 aromatic rings. The van der Waals surface area contributed by atoms with Gasteiger partial charge in [0, 0.05) is 0 Å². The van der Waals surface area contributed by atoms with Gasteiger partial charge in [-0.1, -0.05) is 0 Å². The fourth-order valence-electron chi connectivity index (χ4n) is 2.69. The number of anilines is 1. The van der Waals surface area contributed by atoms with Crippen molar-refractivity contribution in [1.29, 1.82) is 0 Å². The van der Waals surface area contributed by atoms with Crippen LogP contribution in [0.25, 0.3) is 0 Å². The van der Waals surface area contributed by atoms with Crippen molar-refractivity contribution in [3.05, 3.63) is 29.3 Å². The first-order chi connectivity index (χ1) is 8.28. The summed E-state index contributed by atoms with van der Waals surface area (Å²) in [6.07, 6.45) is 2.14. The molecule has 0 unspecified atom stereocenters. The van der Waals surface area contributed by atoms with Crippen LogP contribution in [0, 0.1) is 13.8 Å². The van der Waals surface area contributed by atoms with Gasteiger partial charge in [0.15, 0.2) is 0 Å². The van der Waals surface area contributed by atoms with E-state index in [1.807, 2.05) is 6.07 Å². The topological polar surface area (TPSA) is 29.1 Å². The Bertz CT molecular complexity index is 464. The van der Waals surface area contributed by atoms with Gasteiger partial charge >= 0.3 is 110 Å². The summed E-state index contributed by atoms with van der Waals surface area (Å²) in [5.74, 6) is 0.249. The Morgan fingerprint density at radius 1 is 1.17 bits per heavy atom. The predicted molar refractivity (Wildman–Crippen MR) is 82.6 cm³/mol. The van der Waals surface area contributed by atoms with Gasteiger partial charge in [0.2, 0.25) is 0 Å². The zero-order valence-electron chi connectivity index (χ0n) is 12.1. The van der Waals surface area contributed by atoms with E-state index in [0.29, 0.717) is 0 Å². The monoisotopic (exact) mass is 265 g/mol. The summed E-state index contributed by atoms with van der Waals surface area (Å²) in [5.41, 5.74) is 3.30. The van der Waals surface area contributed by atoms with E-state index in [1.165, 1.54) is 0 Å². The quantitative estimate of drug-likeness (QED) is 0.834. The Hall–Kier alpha value is -0.880. The van der Waals surface area contributed by atoms with Crippen molar-refractivity contribution in [2.75, 3.05) is 25.3 Å². The molecule has 2 nitrogen and oxygen atoms in total. The second kappa shape index (κ2) is 4.35. The van der Waals surface area contributed by atoms with Crippen molar-refractivity contribution in [3.63, 3.8) is 0 Å². The number of benzene rings is 1. The Balaban J connectivity index is 2.23. The van der Waals surface area contributed by atoms with Crippen LogP contribution in [0.5, 0.6) is 0 Å². The molecule has 1 aliphatic rings. The van der Waals surface area contributed by atoms with Gasteiger partial charge in [0.1, 0.15) is 0 Å². The second-order valence-corrected chi connectivity index (χ2v) is 12.0. The normalized spacial score (nSPS) is 18.3. The molecule has 1 aromatic carbocycles. The van der Waals surface area contributed by atoms with E-state index in [2.05, 4.69) is 51.3 Å². The summed E-state index contributed by atoms with van der Waals surface area (Å²) in [6, 6.07) is 6.14. The van der Waals surface area contributed by atoms with Crippen molar-refractivity contribution in [2.24, 2.45) is 0 Å². The molecule has 1 saturated carbocycles. The van der Waals surface area contributed by atoms with E-state index in [9.17, 15) is 4.79 Å². The number of aryl methyl sites for hydroxylation is 2. The van der Waals surface area contributed by atoms with E-state index >= 15 is 0 Å². The molecule has 0 atom stereocenters. The molecular formula is C15H24NOP. The van der Waals surface area contributed by atoms with E-state index in [-0.39, 0.29) is 11.1 Å². The number of hydrogen-bond acceptors (Lipinski definition) is 1. The predicted octanol–water partition coefficient (Wildman–Crippen LogP) is 3.41. The number of carbonyl (C=O) groups excluding carboxylic acids is 1. The Labute approximate surface area is 111 Å². The summed E-state index contributed by atoms with van der Waals surface area (Å²) in [4.78, 5) is 12.6. The molecule has 1 fully saturated rings. The van der Waals surface area contributed by atoms with E-state index < -0.39 is 7.26 Å². The third-order valence-electron chi connectivity index (χ3n) is 4.34. The molecule has 1 aliphatic carbocycles. The van der Waals surface area contributed by atoms with Crippen LogP contribution in [0.1, 0.15) is 24.0 Å². The molecule has 0 bridgehead atoms. The van der Waals surface area contributed by atoms with Gasteiger partial charge in [-0.2, -0.15) is 0 Å². The molecule has 0 aliphatic heterocycles. The Kier molecular flexibility index (Phi) is 3.27. The molecule has 18 heavy (non-hydrogen) atoms. The summed E-state index contributed by atoms with van der Waals surface area (Å²) in [5, 5.41) is 3.16. The standard InChI is InChI=1S/C15H24NOP/c1-11-7-6-8-12(2)13(11)16-14(17)15(9-10-15)18(3,4)5/h6-8,18H,9-10H2,1-5H3,(H,16,17). The second-order valence-electron chi connectivity index (χ2n) is 6.55. The van der Waals surface area contributed by atoms with Gasteiger partial charge < -0.3 is 0 Å². The number of rotatable bonds is 3. The number of carbonyl (C=O) groups is 1. The zero-order valence-corrected chi connectivity index (χ0v) is 13.1. The van der Waals surface area contributed by atoms with Crippen LogP contribution >= 0.6 is 7.26 Å². The first-order valence-corrected chi connectivity index (χ1v) is 10.2. The maximum absolute atomic E-state index is 12.6. The van der Waals surface area contributed by atoms with Crippen LogP contribution in [0.4, 0.5) is 5.69 Å². The molecule has 0 heterocycles. The van der Waals surface area contributed by atoms with Crippen LogP contribution in [0.2, 0.25) is 0 Å². The van der Waals surface area contributed by atoms with Crippen molar-refractivity contribution in [1.82, 2.24) is 0 Å². The average Bonchev–Trinajstić information content (AvgIpc) is 3.03. The van der Waals surface area contributed by atoms with Crippen molar-refractivity contribution >= 4 is 18.9 Å². The maximum atomic E-state index is 12.6. The van der Waals surface area contributed by atoms with E-state index in [0.717, 1.165) is 29.7 Å². The Morgan fingerprint density at radius 3 is 2.06 bits per heavy atom. The molecule has 3 heteroatoms. The molecule has 0 spiro atoms. The molecule has 1 N–H and O–H groups in total. The van der Waals surface area contributed by atoms with Crippen molar-refractivity contribution in [3.8, 4) is 0 Å². The summed E-state index contributed by atoms with van der Waals surface area (Å²) < 4.78 is 0. The van der Waals surface area contributed by atoms with Crippen LogP contribution in [0.3, 0.4) is 0 Å². The third kappa shape index (κ3) is 2.19. The number of para-hydroxylation sites is 1. The van der Waals surface area contributed by atoms with Gasteiger partial charge in [0.25, 0.3) is 0 Å². The first kappa shape index (κ1) is 13.5. The van der Waals surface area contributed by atoms with Crippen molar-refractivity contribution < 1.29 is 4.79 Å². The number of nitrogens with one attached hydrogen (secondary N) is 1. The molecule has 0 aromatic heterocycles. The first-order valence-electron chi connectivity index (χ1n) is 6.66. The summed E-state index contributed by atoms with van der Waals surface area (Å²) in [7, 11) is -1.44. The van der Waals surface area contributed by atoms with Crippen LogP contribution < -0.4 is 5.32 Å². The minimum absolute atomic E-state index is 0.0261. The van der Waals surface area contributed by atoms with Crippen molar-refractivity contribution in [2.45, 2.75) is 31.8 Å². The summed E-state index contributed by atoms with van der Waals surface area (Å²) >= 11 is 0. The fraction of sp³-hybridized carbons (Fsp3) is 0.533. The average molecular weight is 265 g/mol. The molecule has 0 saturated heterocycles. The number of amides is 1. The SMILES string of the molecule is Cc1cccc(C)c1NC(=O)C1([PH](C)(C)C)CC1. The van der Waals surface area contributed by atoms with Gasteiger partial charge in [-0.15, -0.1) is 0 Å². The molecular weight excluding hydrogens is 241 g/mol. The Morgan fingerprint density at radius 2 is 1.67 bits per heavy atom. The van der Waals surface area contributed by atoms with Gasteiger partial charge in [-0.05, 0) is 0 Å². The van der Waals surface area contributed by atoms with Crippen LogP contribution in [-0.4, -0.2) is 31.1 Å². The fourth-order valence-corrected chi connectivity index (χ4v) is 5.06. The van der Waals surface area contributed by atoms with E-state index in [4.69, 9.17) is 0 Å². The molecule has 2 rings (SSSR count). The molecule has 1 amide bonds. The van der Waals surface area contributed by atoms with Gasteiger partial charge in [-0.25, -0.2) is 0 Å². The van der Waals surface area contributed by atoms with Gasteiger partial charge in [0.05, 0.1) is 0 Å². The zero-order chi connectivity index (χ0) is 13.6. The van der Waals surface area contributed by atoms with Crippen LogP contribution in [-0.2, 0) is 4.79 Å². The third-order valence-corrected chi connectivity index (χ3v) is 7.94. The minimum atomic E-state index is -1.44.